The molecule has 0 unspecified atom stereocenters. The van der Waals surface area contributed by atoms with Crippen molar-refractivity contribution in [3.8, 4) is 11.3 Å². The molecule has 1 aromatic carbocycles. The number of nitro groups is 1. The summed E-state index contributed by atoms with van der Waals surface area (Å²) >= 11 is 0. The van der Waals surface area contributed by atoms with Gasteiger partial charge in [-0.25, -0.2) is 9.50 Å². The van der Waals surface area contributed by atoms with Crippen molar-refractivity contribution in [1.29, 1.82) is 0 Å². The molecule has 0 aliphatic heterocycles. The molecule has 1 N–H and O–H groups in total. The number of aromatic nitrogens is 5. The Morgan fingerprint density at radius 1 is 1.27 bits per heavy atom. The lowest BCUT2D eigenvalue weighted by atomic mass is 10.1. The molecule has 30 heavy (non-hydrogen) atoms. The number of benzene rings is 1. The lowest BCUT2D eigenvalue weighted by Crippen LogP contribution is -2.23. The smallest absolute Gasteiger partial charge is 0.270 e. The number of fused-ring (bicyclic) bond motifs is 1. The summed E-state index contributed by atoms with van der Waals surface area (Å²) in [6.07, 6.45) is 3.00. The number of nitrogens with one attached hydrogen (secondary N) is 1. The van der Waals surface area contributed by atoms with E-state index in [0.717, 1.165) is 17.0 Å². The predicted molar refractivity (Wildman–Crippen MR) is 109 cm³/mol. The Hall–Kier alpha value is -4.08. The first-order valence-electron chi connectivity index (χ1n) is 9.21. The van der Waals surface area contributed by atoms with Crippen LogP contribution in [0, 0.1) is 24.0 Å². The standard InChI is InChI=1S/C20H19N7O3/c1-12-16(13(2)25(3)24-12)10-22-20(28)17-11-23-26-18(7-8-21-19(17)26)14-5-4-6-15(9-14)27(29)30/h4-9,11H,10H2,1-3H3,(H,22,28). The van der Waals surface area contributed by atoms with Crippen molar-refractivity contribution < 1.29 is 9.72 Å². The number of rotatable bonds is 5. The molecule has 10 nitrogen and oxygen atoms in total. The van der Waals surface area contributed by atoms with Crippen LogP contribution in [0.2, 0.25) is 0 Å². The fraction of sp³-hybridized carbons (Fsp3) is 0.200. The summed E-state index contributed by atoms with van der Waals surface area (Å²) in [6, 6.07) is 7.94. The fourth-order valence-electron chi connectivity index (χ4n) is 3.39. The Balaban J connectivity index is 1.65. The van der Waals surface area contributed by atoms with Crippen molar-refractivity contribution in [2.75, 3.05) is 0 Å². The molecule has 3 heterocycles. The Kier molecular flexibility index (Phi) is 4.74. The molecule has 4 aromatic rings. The molecule has 1 amide bonds. The van der Waals surface area contributed by atoms with E-state index in [1.54, 1.807) is 29.1 Å². The molecule has 0 spiro atoms. The van der Waals surface area contributed by atoms with Crippen LogP contribution in [0.25, 0.3) is 16.9 Å². The summed E-state index contributed by atoms with van der Waals surface area (Å²) in [5, 5.41) is 22.6. The van der Waals surface area contributed by atoms with Gasteiger partial charge in [-0.15, -0.1) is 0 Å². The van der Waals surface area contributed by atoms with Gasteiger partial charge in [0.2, 0.25) is 0 Å². The fourth-order valence-corrected chi connectivity index (χ4v) is 3.39. The first-order valence-corrected chi connectivity index (χ1v) is 9.21. The highest BCUT2D eigenvalue weighted by Gasteiger charge is 2.18. The monoisotopic (exact) mass is 405 g/mol. The second-order valence-corrected chi connectivity index (χ2v) is 6.89. The van der Waals surface area contributed by atoms with Gasteiger partial charge in [0.15, 0.2) is 5.65 Å². The molecule has 10 heteroatoms. The molecule has 0 aliphatic rings. The van der Waals surface area contributed by atoms with E-state index >= 15 is 0 Å². The van der Waals surface area contributed by atoms with Gasteiger partial charge in [0.25, 0.3) is 11.6 Å². The maximum atomic E-state index is 12.8. The zero-order chi connectivity index (χ0) is 21.4. The molecule has 3 aromatic heterocycles. The second kappa shape index (κ2) is 7.39. The minimum absolute atomic E-state index is 0.0233. The van der Waals surface area contributed by atoms with Gasteiger partial charge in [-0.2, -0.15) is 10.2 Å². The van der Waals surface area contributed by atoms with Crippen LogP contribution in [0.3, 0.4) is 0 Å². The maximum absolute atomic E-state index is 12.8. The third-order valence-corrected chi connectivity index (χ3v) is 5.08. The van der Waals surface area contributed by atoms with E-state index < -0.39 is 4.92 Å². The topological polar surface area (TPSA) is 120 Å². The Morgan fingerprint density at radius 2 is 2.07 bits per heavy atom. The van der Waals surface area contributed by atoms with Gasteiger partial charge in [0, 0.05) is 48.7 Å². The van der Waals surface area contributed by atoms with E-state index in [1.807, 2.05) is 20.9 Å². The summed E-state index contributed by atoms with van der Waals surface area (Å²) in [7, 11) is 1.86. The number of aryl methyl sites for hydroxylation is 2. The minimum Gasteiger partial charge on any atom is -0.348 e. The van der Waals surface area contributed by atoms with Crippen molar-refractivity contribution in [1.82, 2.24) is 29.7 Å². The molecule has 0 atom stereocenters. The second-order valence-electron chi connectivity index (χ2n) is 6.89. The van der Waals surface area contributed by atoms with E-state index in [-0.39, 0.29) is 11.6 Å². The number of nitrogens with zero attached hydrogens (tertiary/aromatic N) is 6. The molecular formula is C20H19N7O3. The lowest BCUT2D eigenvalue weighted by molar-refractivity contribution is -0.384. The van der Waals surface area contributed by atoms with Gasteiger partial charge < -0.3 is 5.32 Å². The van der Waals surface area contributed by atoms with Gasteiger partial charge in [-0.3, -0.25) is 19.6 Å². The highest BCUT2D eigenvalue weighted by Crippen LogP contribution is 2.24. The quantitative estimate of drug-likeness (QED) is 0.402. The van der Waals surface area contributed by atoms with Gasteiger partial charge in [-0.1, -0.05) is 12.1 Å². The third-order valence-electron chi connectivity index (χ3n) is 5.08. The van der Waals surface area contributed by atoms with Crippen molar-refractivity contribution >= 4 is 17.2 Å². The molecule has 0 aliphatic carbocycles. The molecule has 0 bridgehead atoms. The average molecular weight is 405 g/mol. The van der Waals surface area contributed by atoms with Gasteiger partial charge in [0.1, 0.15) is 5.56 Å². The number of amides is 1. The van der Waals surface area contributed by atoms with Crippen molar-refractivity contribution in [3.63, 3.8) is 0 Å². The normalized spacial score (nSPS) is 11.0. The average Bonchev–Trinajstić information content (AvgIpc) is 3.27. The van der Waals surface area contributed by atoms with Crippen LogP contribution in [0.5, 0.6) is 0 Å². The van der Waals surface area contributed by atoms with Gasteiger partial charge in [-0.05, 0) is 19.9 Å². The molecule has 4 rings (SSSR count). The van der Waals surface area contributed by atoms with Crippen molar-refractivity contribution in [3.05, 3.63) is 75.4 Å². The summed E-state index contributed by atoms with van der Waals surface area (Å²) < 4.78 is 3.29. The molecule has 152 valence electrons. The number of nitro benzene ring substituents is 1. The summed E-state index contributed by atoms with van der Waals surface area (Å²) in [4.78, 5) is 27.7. The first kappa shape index (κ1) is 19.2. The number of hydrogen-bond donors (Lipinski definition) is 1. The Labute approximate surface area is 171 Å². The van der Waals surface area contributed by atoms with Crippen molar-refractivity contribution in [2.24, 2.45) is 7.05 Å². The number of hydrogen-bond acceptors (Lipinski definition) is 6. The largest absolute Gasteiger partial charge is 0.348 e. The van der Waals surface area contributed by atoms with E-state index in [1.165, 1.54) is 22.8 Å². The van der Waals surface area contributed by atoms with Gasteiger partial charge in [0.05, 0.1) is 22.5 Å². The highest BCUT2D eigenvalue weighted by molar-refractivity contribution is 5.99. The Bertz CT molecular complexity index is 1290. The van der Waals surface area contributed by atoms with Crippen LogP contribution >= 0.6 is 0 Å². The number of carbonyl (C=O) groups excluding carboxylic acids is 1. The zero-order valence-electron chi connectivity index (χ0n) is 16.7. The highest BCUT2D eigenvalue weighted by atomic mass is 16.6. The van der Waals surface area contributed by atoms with Crippen LogP contribution in [0.1, 0.15) is 27.3 Å². The SMILES string of the molecule is Cc1nn(C)c(C)c1CNC(=O)c1cnn2c(-c3cccc([N+](=O)[O-])c3)ccnc12. The molecular weight excluding hydrogens is 386 g/mol. The molecule has 0 saturated carbocycles. The van der Waals surface area contributed by atoms with E-state index in [2.05, 4.69) is 20.5 Å². The van der Waals surface area contributed by atoms with Crippen LogP contribution in [0.4, 0.5) is 5.69 Å². The summed E-state index contributed by atoms with van der Waals surface area (Å²) in [6.45, 7) is 4.19. The van der Waals surface area contributed by atoms with E-state index in [0.29, 0.717) is 29.0 Å². The van der Waals surface area contributed by atoms with Crippen LogP contribution in [-0.4, -0.2) is 35.2 Å². The minimum atomic E-state index is -0.452. The van der Waals surface area contributed by atoms with Crippen molar-refractivity contribution in [2.45, 2.75) is 20.4 Å². The van der Waals surface area contributed by atoms with Gasteiger partial charge >= 0.3 is 0 Å². The third kappa shape index (κ3) is 3.28. The first-order chi connectivity index (χ1) is 14.4. The zero-order valence-corrected chi connectivity index (χ0v) is 16.7. The number of non-ortho nitro benzene ring substituents is 1. The van der Waals surface area contributed by atoms with Crippen LogP contribution < -0.4 is 5.32 Å². The Morgan fingerprint density at radius 3 is 2.77 bits per heavy atom. The van der Waals surface area contributed by atoms with Crippen LogP contribution in [0.15, 0.2) is 42.7 Å². The summed E-state index contributed by atoms with van der Waals surface area (Å²) in [5.41, 5.74) is 4.69. The molecule has 0 fully saturated rings. The van der Waals surface area contributed by atoms with Crippen LogP contribution in [-0.2, 0) is 13.6 Å². The van der Waals surface area contributed by atoms with E-state index in [9.17, 15) is 14.9 Å². The molecule has 0 saturated heterocycles. The lowest BCUT2D eigenvalue weighted by Gasteiger charge is -2.06. The predicted octanol–water partition coefficient (Wildman–Crippen LogP) is 2.58. The van der Waals surface area contributed by atoms with E-state index in [4.69, 9.17) is 0 Å². The molecule has 0 radical (unpaired) electrons. The maximum Gasteiger partial charge on any atom is 0.270 e. The number of carbonyl (C=O) groups is 1. The summed E-state index contributed by atoms with van der Waals surface area (Å²) in [5.74, 6) is -0.309.